The van der Waals surface area contributed by atoms with Crippen LogP contribution in [0.3, 0.4) is 0 Å². The van der Waals surface area contributed by atoms with E-state index in [2.05, 4.69) is 5.32 Å². The van der Waals surface area contributed by atoms with Gasteiger partial charge in [-0.3, -0.25) is 10.1 Å². The third-order valence-corrected chi connectivity index (χ3v) is 4.49. The van der Waals surface area contributed by atoms with E-state index in [4.69, 9.17) is 4.74 Å². The van der Waals surface area contributed by atoms with Gasteiger partial charge in [0.2, 0.25) is 10.0 Å². The number of esters is 1. The standard InChI is InChI=1S/C11H22N2O4S/c1-11(2,10(14)17-3)12-9-5-7-13(8-6-9)18(4,15)16/h9,12H,5-8H2,1-4H3. The molecule has 0 aromatic carbocycles. The first-order valence-corrected chi connectivity index (χ1v) is 7.83. The lowest BCUT2D eigenvalue weighted by Gasteiger charge is -2.35. The first-order valence-electron chi connectivity index (χ1n) is 5.98. The maximum Gasteiger partial charge on any atom is 0.325 e. The largest absolute Gasteiger partial charge is 0.468 e. The summed E-state index contributed by atoms with van der Waals surface area (Å²) in [5.41, 5.74) is -0.743. The van der Waals surface area contributed by atoms with Crippen LogP contribution >= 0.6 is 0 Å². The maximum atomic E-state index is 11.5. The summed E-state index contributed by atoms with van der Waals surface area (Å²) < 4.78 is 28.9. The Morgan fingerprint density at radius 2 is 1.83 bits per heavy atom. The quantitative estimate of drug-likeness (QED) is 0.730. The molecule has 1 aliphatic rings. The molecule has 6 nitrogen and oxygen atoms in total. The summed E-state index contributed by atoms with van der Waals surface area (Å²) in [4.78, 5) is 11.5. The van der Waals surface area contributed by atoms with E-state index < -0.39 is 15.6 Å². The number of carbonyl (C=O) groups is 1. The molecule has 0 radical (unpaired) electrons. The average Bonchev–Trinajstić information content (AvgIpc) is 2.26. The van der Waals surface area contributed by atoms with Crippen LogP contribution in [-0.2, 0) is 19.6 Å². The lowest BCUT2D eigenvalue weighted by molar-refractivity contribution is -0.147. The number of hydrogen-bond acceptors (Lipinski definition) is 5. The van der Waals surface area contributed by atoms with Crippen LogP contribution in [0, 0.1) is 0 Å². The molecule has 1 rings (SSSR count). The van der Waals surface area contributed by atoms with Crippen LogP contribution in [0.25, 0.3) is 0 Å². The van der Waals surface area contributed by atoms with Crippen LogP contribution in [0.4, 0.5) is 0 Å². The summed E-state index contributed by atoms with van der Waals surface area (Å²) >= 11 is 0. The average molecular weight is 278 g/mol. The Kier molecular flexibility index (Phi) is 4.74. The number of piperidine rings is 1. The normalized spacial score (nSPS) is 19.8. The van der Waals surface area contributed by atoms with E-state index in [1.165, 1.54) is 17.7 Å². The van der Waals surface area contributed by atoms with Crippen LogP contribution < -0.4 is 5.32 Å². The SMILES string of the molecule is COC(=O)C(C)(C)NC1CCN(S(C)(=O)=O)CC1. The molecule has 0 aromatic heterocycles. The smallest absolute Gasteiger partial charge is 0.325 e. The van der Waals surface area contributed by atoms with E-state index in [0.29, 0.717) is 25.9 Å². The number of sulfonamides is 1. The van der Waals surface area contributed by atoms with E-state index in [0.717, 1.165) is 0 Å². The molecule has 0 spiro atoms. The van der Waals surface area contributed by atoms with Crippen molar-refractivity contribution in [3.63, 3.8) is 0 Å². The molecule has 1 heterocycles. The molecule has 0 saturated carbocycles. The minimum absolute atomic E-state index is 0.136. The lowest BCUT2D eigenvalue weighted by atomic mass is 9.99. The van der Waals surface area contributed by atoms with Gasteiger partial charge in [0.05, 0.1) is 13.4 Å². The number of ether oxygens (including phenoxy) is 1. The second-order valence-corrected chi connectivity index (χ2v) is 7.18. The molecule has 0 amide bonds. The highest BCUT2D eigenvalue weighted by Gasteiger charge is 2.33. The number of rotatable bonds is 4. The Balaban J connectivity index is 2.52. The van der Waals surface area contributed by atoms with Gasteiger partial charge in [0.25, 0.3) is 0 Å². The third kappa shape index (κ3) is 3.93. The van der Waals surface area contributed by atoms with Gasteiger partial charge in [-0.25, -0.2) is 12.7 Å². The van der Waals surface area contributed by atoms with Gasteiger partial charge < -0.3 is 4.74 Å². The number of hydrogen-bond donors (Lipinski definition) is 1. The molecular weight excluding hydrogens is 256 g/mol. The molecule has 0 aliphatic carbocycles. The molecule has 18 heavy (non-hydrogen) atoms. The molecule has 106 valence electrons. The first-order chi connectivity index (χ1) is 8.16. The zero-order valence-corrected chi connectivity index (χ0v) is 12.2. The number of nitrogens with one attached hydrogen (secondary N) is 1. The van der Waals surface area contributed by atoms with Crippen molar-refractivity contribution < 1.29 is 17.9 Å². The summed E-state index contributed by atoms with van der Waals surface area (Å²) in [6.07, 6.45) is 2.63. The van der Waals surface area contributed by atoms with Crippen molar-refractivity contribution in [3.05, 3.63) is 0 Å². The molecule has 7 heteroatoms. The molecule has 1 N–H and O–H groups in total. The minimum atomic E-state index is -3.10. The van der Waals surface area contributed by atoms with Gasteiger partial charge in [-0.15, -0.1) is 0 Å². The fraction of sp³-hybridized carbons (Fsp3) is 0.909. The van der Waals surface area contributed by atoms with Crippen molar-refractivity contribution >= 4 is 16.0 Å². The monoisotopic (exact) mass is 278 g/mol. The Morgan fingerprint density at radius 1 is 1.33 bits per heavy atom. The summed E-state index contributed by atoms with van der Waals surface area (Å²) in [5, 5.41) is 3.22. The van der Waals surface area contributed by atoms with E-state index in [9.17, 15) is 13.2 Å². The molecule has 1 saturated heterocycles. The number of nitrogens with zero attached hydrogens (tertiary/aromatic N) is 1. The Bertz CT molecular complexity index is 397. The van der Waals surface area contributed by atoms with Gasteiger partial charge in [-0.05, 0) is 26.7 Å². The van der Waals surface area contributed by atoms with Crippen molar-refractivity contribution in [3.8, 4) is 0 Å². The van der Waals surface area contributed by atoms with Gasteiger partial charge in [0, 0.05) is 19.1 Å². The Morgan fingerprint density at radius 3 is 2.22 bits per heavy atom. The van der Waals surface area contributed by atoms with E-state index >= 15 is 0 Å². The van der Waals surface area contributed by atoms with Gasteiger partial charge >= 0.3 is 5.97 Å². The summed E-state index contributed by atoms with van der Waals surface area (Å²) in [6.45, 7) is 4.52. The molecular formula is C11H22N2O4S. The third-order valence-electron chi connectivity index (χ3n) is 3.18. The highest BCUT2D eigenvalue weighted by atomic mass is 32.2. The van der Waals surface area contributed by atoms with Crippen molar-refractivity contribution in [2.45, 2.75) is 38.3 Å². The zero-order valence-electron chi connectivity index (χ0n) is 11.4. The van der Waals surface area contributed by atoms with E-state index in [-0.39, 0.29) is 12.0 Å². The molecule has 0 aromatic rings. The minimum Gasteiger partial charge on any atom is -0.468 e. The highest BCUT2D eigenvalue weighted by Crippen LogP contribution is 2.16. The van der Waals surface area contributed by atoms with Gasteiger partial charge in [0.1, 0.15) is 5.54 Å². The van der Waals surface area contributed by atoms with Crippen molar-refractivity contribution in [2.24, 2.45) is 0 Å². The number of methoxy groups -OCH3 is 1. The molecule has 0 bridgehead atoms. The Hall–Kier alpha value is -0.660. The van der Waals surface area contributed by atoms with E-state index in [1.54, 1.807) is 13.8 Å². The highest BCUT2D eigenvalue weighted by molar-refractivity contribution is 7.88. The molecule has 0 atom stereocenters. The van der Waals surface area contributed by atoms with E-state index in [1.807, 2.05) is 0 Å². The number of carbonyl (C=O) groups excluding carboxylic acids is 1. The molecule has 1 aliphatic heterocycles. The lowest BCUT2D eigenvalue weighted by Crippen LogP contribution is -2.55. The Labute approximate surface area is 109 Å². The fourth-order valence-corrected chi connectivity index (χ4v) is 3.03. The van der Waals surface area contributed by atoms with Crippen LogP contribution in [0.5, 0.6) is 0 Å². The van der Waals surface area contributed by atoms with Crippen LogP contribution in [-0.4, -0.2) is 56.7 Å². The topological polar surface area (TPSA) is 75.7 Å². The summed E-state index contributed by atoms with van der Waals surface area (Å²) in [7, 11) is -1.74. The van der Waals surface area contributed by atoms with Crippen molar-refractivity contribution in [2.75, 3.05) is 26.5 Å². The van der Waals surface area contributed by atoms with Crippen molar-refractivity contribution in [1.29, 1.82) is 0 Å². The molecule has 1 fully saturated rings. The van der Waals surface area contributed by atoms with Crippen LogP contribution in [0.15, 0.2) is 0 Å². The zero-order chi connectivity index (χ0) is 14.0. The van der Waals surface area contributed by atoms with Gasteiger partial charge in [-0.1, -0.05) is 0 Å². The van der Waals surface area contributed by atoms with Gasteiger partial charge in [0.15, 0.2) is 0 Å². The predicted molar refractivity (Wildman–Crippen MR) is 68.7 cm³/mol. The fourth-order valence-electron chi connectivity index (χ4n) is 2.16. The summed E-state index contributed by atoms with van der Waals surface area (Å²) in [6, 6.07) is 0.136. The van der Waals surface area contributed by atoms with Gasteiger partial charge in [-0.2, -0.15) is 0 Å². The van der Waals surface area contributed by atoms with Crippen LogP contribution in [0.2, 0.25) is 0 Å². The second-order valence-electron chi connectivity index (χ2n) is 5.20. The first kappa shape index (κ1) is 15.4. The molecule has 0 unspecified atom stereocenters. The van der Waals surface area contributed by atoms with Crippen molar-refractivity contribution in [1.82, 2.24) is 9.62 Å². The maximum absolute atomic E-state index is 11.5. The second kappa shape index (κ2) is 5.54. The predicted octanol–water partition coefficient (Wildman–Crippen LogP) is -0.0484. The summed E-state index contributed by atoms with van der Waals surface area (Å²) in [5.74, 6) is -0.312. The van der Waals surface area contributed by atoms with Crippen LogP contribution in [0.1, 0.15) is 26.7 Å².